The summed E-state index contributed by atoms with van der Waals surface area (Å²) in [6.07, 6.45) is 1.90. The number of hydrogen-bond donors (Lipinski definition) is 2. The van der Waals surface area contributed by atoms with Crippen LogP contribution in [0.1, 0.15) is 30.9 Å². The first-order chi connectivity index (χ1) is 14.1. The predicted molar refractivity (Wildman–Crippen MR) is 107 cm³/mol. The zero-order valence-electron chi connectivity index (χ0n) is 16.2. The van der Waals surface area contributed by atoms with Crippen LogP contribution in [-0.4, -0.2) is 25.0 Å². The van der Waals surface area contributed by atoms with Gasteiger partial charge in [0.15, 0.2) is 18.1 Å². The van der Waals surface area contributed by atoms with Crippen molar-refractivity contribution in [3.05, 3.63) is 53.6 Å². The molecule has 29 heavy (non-hydrogen) atoms. The minimum Gasteiger partial charge on any atom is -0.490 e. The first-order valence-corrected chi connectivity index (χ1v) is 9.55. The Balaban J connectivity index is 1.50. The molecule has 2 aromatic rings. The van der Waals surface area contributed by atoms with Gasteiger partial charge in [-0.3, -0.25) is 9.59 Å². The van der Waals surface area contributed by atoms with Crippen LogP contribution in [0.15, 0.2) is 42.5 Å². The lowest BCUT2D eigenvalue weighted by Crippen LogP contribution is -2.28. The van der Waals surface area contributed by atoms with Gasteiger partial charge < -0.3 is 20.1 Å². The lowest BCUT2D eigenvalue weighted by Gasteiger charge is -2.12. The highest BCUT2D eigenvalue weighted by Crippen LogP contribution is 2.30. The second-order valence-corrected chi connectivity index (χ2v) is 6.74. The van der Waals surface area contributed by atoms with Crippen molar-refractivity contribution in [3.63, 3.8) is 0 Å². The molecular weight excluding hydrogens is 370 g/mol. The van der Waals surface area contributed by atoms with Crippen LogP contribution in [0.4, 0.5) is 5.69 Å². The number of benzene rings is 2. The average Bonchev–Trinajstić information content (AvgIpc) is 3.57. The topological polar surface area (TPSA) is 100 Å². The maximum Gasteiger partial charge on any atom is 0.258 e. The Hall–Kier alpha value is -3.53. The largest absolute Gasteiger partial charge is 0.490 e. The van der Waals surface area contributed by atoms with Gasteiger partial charge >= 0.3 is 0 Å². The summed E-state index contributed by atoms with van der Waals surface area (Å²) in [5, 5.41) is 14.7. The zero-order valence-corrected chi connectivity index (χ0v) is 16.2. The number of anilines is 1. The number of carbonyl (C=O) groups excluding carboxylic acids is 2. The van der Waals surface area contributed by atoms with E-state index in [1.165, 1.54) is 0 Å². The number of amides is 2. The second-order valence-electron chi connectivity index (χ2n) is 6.74. The summed E-state index contributed by atoms with van der Waals surface area (Å²) in [5.74, 6) is 0.736. The van der Waals surface area contributed by atoms with E-state index in [9.17, 15) is 9.59 Å². The second kappa shape index (κ2) is 9.60. The third-order valence-corrected chi connectivity index (χ3v) is 4.36. The fraction of sp³-hybridized carbons (Fsp3) is 0.318. The van der Waals surface area contributed by atoms with Gasteiger partial charge in [0.25, 0.3) is 5.91 Å². The molecule has 7 nitrogen and oxygen atoms in total. The number of nitrogens with one attached hydrogen (secondary N) is 2. The summed E-state index contributed by atoms with van der Waals surface area (Å²) in [5.41, 5.74) is 2.06. The van der Waals surface area contributed by atoms with Crippen LogP contribution in [0.25, 0.3) is 0 Å². The molecule has 2 aromatic carbocycles. The number of hydrogen-bond acceptors (Lipinski definition) is 5. The van der Waals surface area contributed by atoms with Crippen molar-refractivity contribution in [2.45, 2.75) is 26.3 Å². The van der Waals surface area contributed by atoms with Gasteiger partial charge in [-0.2, -0.15) is 5.26 Å². The van der Waals surface area contributed by atoms with E-state index in [1.807, 2.05) is 37.3 Å². The van der Waals surface area contributed by atoms with E-state index in [-0.39, 0.29) is 24.3 Å². The molecular formula is C22H23N3O4. The number of rotatable bonds is 9. The SMILES string of the molecule is CCOc1cc(C#N)ccc1OCC(=O)NCc1cccc(NC(=O)C2CC2)c1. The van der Waals surface area contributed by atoms with Crippen molar-refractivity contribution in [3.8, 4) is 17.6 Å². The first kappa shape index (κ1) is 20.2. The molecule has 1 saturated carbocycles. The Morgan fingerprint density at radius 1 is 1.14 bits per heavy atom. The molecule has 0 aromatic heterocycles. The molecule has 0 saturated heterocycles. The van der Waals surface area contributed by atoms with Gasteiger partial charge in [-0.15, -0.1) is 0 Å². The molecule has 1 aliphatic carbocycles. The van der Waals surface area contributed by atoms with Gasteiger partial charge in [0, 0.05) is 24.2 Å². The Labute approximate surface area is 169 Å². The van der Waals surface area contributed by atoms with Gasteiger partial charge in [-0.25, -0.2) is 0 Å². The van der Waals surface area contributed by atoms with Crippen LogP contribution >= 0.6 is 0 Å². The summed E-state index contributed by atoms with van der Waals surface area (Å²) in [6.45, 7) is 2.40. The quantitative estimate of drug-likeness (QED) is 0.682. The van der Waals surface area contributed by atoms with Crippen molar-refractivity contribution in [1.29, 1.82) is 5.26 Å². The predicted octanol–water partition coefficient (Wildman–Crippen LogP) is 3.00. The lowest BCUT2D eigenvalue weighted by atomic mass is 10.2. The van der Waals surface area contributed by atoms with Gasteiger partial charge in [0.1, 0.15) is 0 Å². The van der Waals surface area contributed by atoms with E-state index >= 15 is 0 Å². The van der Waals surface area contributed by atoms with E-state index in [0.29, 0.717) is 30.2 Å². The molecule has 0 radical (unpaired) electrons. The number of nitriles is 1. The van der Waals surface area contributed by atoms with Crippen LogP contribution in [0.5, 0.6) is 11.5 Å². The smallest absolute Gasteiger partial charge is 0.258 e. The minimum absolute atomic E-state index is 0.0482. The van der Waals surface area contributed by atoms with Crippen molar-refractivity contribution in [2.75, 3.05) is 18.5 Å². The normalized spacial score (nSPS) is 12.6. The van der Waals surface area contributed by atoms with E-state index in [4.69, 9.17) is 14.7 Å². The van der Waals surface area contributed by atoms with Crippen molar-refractivity contribution in [2.24, 2.45) is 5.92 Å². The van der Waals surface area contributed by atoms with Crippen molar-refractivity contribution >= 4 is 17.5 Å². The lowest BCUT2D eigenvalue weighted by molar-refractivity contribution is -0.123. The van der Waals surface area contributed by atoms with Crippen LogP contribution in [-0.2, 0) is 16.1 Å². The molecule has 0 heterocycles. The molecule has 1 aliphatic rings. The number of nitrogens with zero attached hydrogens (tertiary/aromatic N) is 1. The fourth-order valence-electron chi connectivity index (χ4n) is 2.71. The molecule has 0 aliphatic heterocycles. The van der Waals surface area contributed by atoms with E-state index < -0.39 is 0 Å². The Morgan fingerprint density at radius 2 is 1.97 bits per heavy atom. The molecule has 2 amide bonds. The van der Waals surface area contributed by atoms with E-state index in [0.717, 1.165) is 24.1 Å². The Morgan fingerprint density at radius 3 is 2.69 bits per heavy atom. The monoisotopic (exact) mass is 393 g/mol. The zero-order chi connectivity index (χ0) is 20.6. The molecule has 0 bridgehead atoms. The summed E-state index contributed by atoms with van der Waals surface area (Å²) < 4.78 is 11.0. The maximum absolute atomic E-state index is 12.1. The fourth-order valence-corrected chi connectivity index (χ4v) is 2.71. The van der Waals surface area contributed by atoms with Gasteiger partial charge in [0.05, 0.1) is 18.2 Å². The highest BCUT2D eigenvalue weighted by atomic mass is 16.5. The minimum atomic E-state index is -0.288. The molecule has 0 spiro atoms. The van der Waals surface area contributed by atoms with Crippen molar-refractivity contribution < 1.29 is 19.1 Å². The molecule has 0 atom stereocenters. The van der Waals surface area contributed by atoms with Crippen LogP contribution in [0.2, 0.25) is 0 Å². The standard InChI is InChI=1S/C22H23N3O4/c1-2-28-20-11-15(12-23)6-9-19(20)29-14-21(26)24-13-16-4-3-5-18(10-16)25-22(27)17-7-8-17/h3-6,9-11,17H,2,7-8,13-14H2,1H3,(H,24,26)(H,25,27). The van der Waals surface area contributed by atoms with E-state index in [2.05, 4.69) is 10.6 Å². The van der Waals surface area contributed by atoms with Crippen LogP contribution < -0.4 is 20.1 Å². The van der Waals surface area contributed by atoms with E-state index in [1.54, 1.807) is 18.2 Å². The third kappa shape index (κ3) is 5.98. The third-order valence-electron chi connectivity index (χ3n) is 4.36. The first-order valence-electron chi connectivity index (χ1n) is 9.55. The number of ether oxygens (including phenoxy) is 2. The highest BCUT2D eigenvalue weighted by molar-refractivity contribution is 5.94. The molecule has 0 unspecified atom stereocenters. The maximum atomic E-state index is 12.1. The molecule has 2 N–H and O–H groups in total. The molecule has 3 rings (SSSR count). The van der Waals surface area contributed by atoms with Crippen LogP contribution in [0.3, 0.4) is 0 Å². The van der Waals surface area contributed by atoms with Gasteiger partial charge in [-0.1, -0.05) is 12.1 Å². The summed E-state index contributed by atoms with van der Waals surface area (Å²) >= 11 is 0. The van der Waals surface area contributed by atoms with Crippen LogP contribution in [0, 0.1) is 17.2 Å². The summed E-state index contributed by atoms with van der Waals surface area (Å²) in [4.78, 5) is 24.0. The number of carbonyl (C=O) groups is 2. The molecule has 1 fully saturated rings. The molecule has 150 valence electrons. The van der Waals surface area contributed by atoms with Gasteiger partial charge in [-0.05, 0) is 49.6 Å². The Bertz CT molecular complexity index is 932. The van der Waals surface area contributed by atoms with Crippen molar-refractivity contribution in [1.82, 2.24) is 5.32 Å². The average molecular weight is 393 g/mol. The summed E-state index contributed by atoms with van der Waals surface area (Å²) in [6, 6.07) is 14.2. The van der Waals surface area contributed by atoms with Gasteiger partial charge in [0.2, 0.25) is 5.91 Å². The Kier molecular flexibility index (Phi) is 6.69. The highest BCUT2D eigenvalue weighted by Gasteiger charge is 2.29. The molecule has 7 heteroatoms. The summed E-state index contributed by atoms with van der Waals surface area (Å²) in [7, 11) is 0.